The Morgan fingerprint density at radius 1 is 1.35 bits per heavy atom. The summed E-state index contributed by atoms with van der Waals surface area (Å²) < 4.78 is 38.0. The second kappa shape index (κ2) is 5.71. The van der Waals surface area contributed by atoms with Crippen molar-refractivity contribution in [1.82, 2.24) is 0 Å². The van der Waals surface area contributed by atoms with Crippen LogP contribution in [-0.2, 0) is 6.18 Å². The molecule has 0 aliphatic heterocycles. The Morgan fingerprint density at radius 2 is 2.05 bits per heavy atom. The van der Waals surface area contributed by atoms with E-state index < -0.39 is 11.7 Å². The molecule has 0 aromatic heterocycles. The predicted octanol–water partition coefficient (Wildman–Crippen LogP) is 2.93. The summed E-state index contributed by atoms with van der Waals surface area (Å²) in [6.45, 7) is 0.229. The molecule has 2 rings (SSSR count). The van der Waals surface area contributed by atoms with Gasteiger partial charge in [-0.3, -0.25) is 0 Å². The highest BCUT2D eigenvalue weighted by molar-refractivity contribution is 5.61. The summed E-state index contributed by atoms with van der Waals surface area (Å²) in [5, 5.41) is 18.2. The lowest BCUT2D eigenvalue weighted by molar-refractivity contribution is -0.137. The number of aliphatic hydroxyl groups excluding tert-OH is 1. The van der Waals surface area contributed by atoms with Crippen LogP contribution in [-0.4, -0.2) is 24.3 Å². The van der Waals surface area contributed by atoms with E-state index in [9.17, 15) is 13.2 Å². The molecular formula is C14H15F3N2O. The quantitative estimate of drug-likeness (QED) is 0.924. The van der Waals surface area contributed by atoms with Gasteiger partial charge in [0.1, 0.15) is 6.07 Å². The Balaban J connectivity index is 2.37. The van der Waals surface area contributed by atoms with Gasteiger partial charge >= 0.3 is 6.18 Å². The maximum Gasteiger partial charge on any atom is 0.416 e. The van der Waals surface area contributed by atoms with Gasteiger partial charge in [-0.25, -0.2) is 0 Å². The van der Waals surface area contributed by atoms with Crippen molar-refractivity contribution in [3.63, 3.8) is 0 Å². The number of alkyl halides is 3. The zero-order valence-corrected chi connectivity index (χ0v) is 10.8. The van der Waals surface area contributed by atoms with Crippen molar-refractivity contribution in [3.8, 4) is 6.07 Å². The first-order valence-electron chi connectivity index (χ1n) is 6.46. The molecule has 1 saturated carbocycles. The van der Waals surface area contributed by atoms with Crippen LogP contribution in [0.25, 0.3) is 0 Å². The third-order valence-electron chi connectivity index (χ3n) is 3.61. The number of hydrogen-bond acceptors (Lipinski definition) is 3. The second-order valence-electron chi connectivity index (χ2n) is 4.84. The number of nitrogens with zero attached hydrogens (tertiary/aromatic N) is 2. The normalized spacial score (nSPS) is 15.6. The molecule has 0 radical (unpaired) electrons. The number of anilines is 1. The lowest BCUT2D eigenvalue weighted by Crippen LogP contribution is -2.42. The van der Waals surface area contributed by atoms with E-state index >= 15 is 0 Å². The summed E-state index contributed by atoms with van der Waals surface area (Å²) in [5.41, 5.74) is -0.352. The van der Waals surface area contributed by atoms with E-state index in [-0.39, 0.29) is 18.2 Å². The van der Waals surface area contributed by atoms with Crippen LogP contribution >= 0.6 is 0 Å². The third-order valence-corrected chi connectivity index (χ3v) is 3.61. The number of rotatable bonds is 4. The maximum atomic E-state index is 12.7. The van der Waals surface area contributed by atoms with Gasteiger partial charge in [0.2, 0.25) is 0 Å². The summed E-state index contributed by atoms with van der Waals surface area (Å²) >= 11 is 0. The van der Waals surface area contributed by atoms with Gasteiger partial charge in [0.05, 0.1) is 23.4 Å². The van der Waals surface area contributed by atoms with Gasteiger partial charge < -0.3 is 10.0 Å². The number of aliphatic hydroxyl groups is 1. The predicted molar refractivity (Wildman–Crippen MR) is 68.2 cm³/mol. The van der Waals surface area contributed by atoms with Crippen LogP contribution in [0.3, 0.4) is 0 Å². The molecule has 1 aromatic rings. The Labute approximate surface area is 115 Å². The highest BCUT2D eigenvalue weighted by Gasteiger charge is 2.32. The number of halogens is 3. The molecule has 0 amide bonds. The first kappa shape index (κ1) is 14.7. The molecule has 0 heterocycles. The van der Waals surface area contributed by atoms with Gasteiger partial charge in [-0.2, -0.15) is 18.4 Å². The van der Waals surface area contributed by atoms with Crippen LogP contribution < -0.4 is 4.90 Å². The molecule has 1 fully saturated rings. The van der Waals surface area contributed by atoms with Crippen molar-refractivity contribution >= 4 is 5.69 Å². The largest absolute Gasteiger partial charge is 0.416 e. The van der Waals surface area contributed by atoms with Gasteiger partial charge in [-0.15, -0.1) is 0 Å². The topological polar surface area (TPSA) is 47.3 Å². The smallest absolute Gasteiger partial charge is 0.395 e. The minimum Gasteiger partial charge on any atom is -0.395 e. The minimum absolute atomic E-state index is 0.000162. The first-order valence-corrected chi connectivity index (χ1v) is 6.46. The fraction of sp³-hybridized carbons (Fsp3) is 0.500. The second-order valence-corrected chi connectivity index (χ2v) is 4.84. The lowest BCUT2D eigenvalue weighted by atomic mass is 9.90. The van der Waals surface area contributed by atoms with E-state index in [4.69, 9.17) is 10.4 Å². The van der Waals surface area contributed by atoms with E-state index in [1.807, 2.05) is 11.0 Å². The van der Waals surface area contributed by atoms with Crippen LogP contribution in [0.15, 0.2) is 18.2 Å². The first-order chi connectivity index (χ1) is 9.47. The summed E-state index contributed by atoms with van der Waals surface area (Å²) in [6, 6.07) is 5.21. The third kappa shape index (κ3) is 2.88. The van der Waals surface area contributed by atoms with Crippen LogP contribution in [0.5, 0.6) is 0 Å². The molecule has 1 aromatic carbocycles. The van der Waals surface area contributed by atoms with Crippen molar-refractivity contribution in [1.29, 1.82) is 5.26 Å². The molecule has 108 valence electrons. The van der Waals surface area contributed by atoms with Gasteiger partial charge in [-0.1, -0.05) is 0 Å². The van der Waals surface area contributed by atoms with Crippen molar-refractivity contribution in [3.05, 3.63) is 29.3 Å². The molecule has 0 bridgehead atoms. The van der Waals surface area contributed by atoms with Gasteiger partial charge in [-0.05, 0) is 37.5 Å². The number of benzene rings is 1. The molecule has 1 aliphatic rings. The highest BCUT2D eigenvalue weighted by Crippen LogP contribution is 2.35. The van der Waals surface area contributed by atoms with Gasteiger partial charge in [0, 0.05) is 12.6 Å². The standard InChI is InChI=1S/C14H15F3N2O/c15-14(16,17)11-4-5-13(10(8-11)9-18)19(6-7-20)12-2-1-3-12/h4-5,8,12,20H,1-3,6-7H2. The molecule has 1 aliphatic carbocycles. The molecule has 3 nitrogen and oxygen atoms in total. The van der Waals surface area contributed by atoms with Crippen LogP contribution in [0.2, 0.25) is 0 Å². The van der Waals surface area contributed by atoms with Crippen molar-refractivity contribution in [2.75, 3.05) is 18.1 Å². The van der Waals surface area contributed by atoms with Crippen LogP contribution in [0.1, 0.15) is 30.4 Å². The Bertz CT molecular complexity index is 518. The average molecular weight is 284 g/mol. The maximum absolute atomic E-state index is 12.7. The highest BCUT2D eigenvalue weighted by atomic mass is 19.4. The SMILES string of the molecule is N#Cc1cc(C(F)(F)F)ccc1N(CCO)C1CCC1. The minimum atomic E-state index is -4.46. The van der Waals surface area contributed by atoms with E-state index in [2.05, 4.69) is 0 Å². The Morgan fingerprint density at radius 3 is 2.50 bits per heavy atom. The van der Waals surface area contributed by atoms with E-state index in [1.54, 1.807) is 0 Å². The molecule has 0 atom stereocenters. The van der Waals surface area contributed by atoms with E-state index in [0.29, 0.717) is 12.2 Å². The fourth-order valence-corrected chi connectivity index (χ4v) is 2.36. The molecule has 1 N–H and O–H groups in total. The average Bonchev–Trinajstić information content (AvgIpc) is 2.34. The van der Waals surface area contributed by atoms with Crippen molar-refractivity contribution < 1.29 is 18.3 Å². The molecular weight excluding hydrogens is 269 g/mol. The van der Waals surface area contributed by atoms with E-state index in [1.165, 1.54) is 6.07 Å². The lowest BCUT2D eigenvalue weighted by Gasteiger charge is -2.39. The van der Waals surface area contributed by atoms with Crippen LogP contribution in [0, 0.1) is 11.3 Å². The molecule has 6 heteroatoms. The summed E-state index contributed by atoms with van der Waals surface area (Å²) in [5.74, 6) is 0. The Hall–Kier alpha value is -1.74. The van der Waals surface area contributed by atoms with Crippen LogP contribution in [0.4, 0.5) is 18.9 Å². The van der Waals surface area contributed by atoms with Crippen molar-refractivity contribution in [2.24, 2.45) is 0 Å². The monoisotopic (exact) mass is 284 g/mol. The molecule has 20 heavy (non-hydrogen) atoms. The zero-order valence-electron chi connectivity index (χ0n) is 10.8. The molecule has 0 unspecified atom stereocenters. The van der Waals surface area contributed by atoms with Gasteiger partial charge in [0.15, 0.2) is 0 Å². The summed E-state index contributed by atoms with van der Waals surface area (Å²) in [4.78, 5) is 1.84. The number of nitriles is 1. The summed E-state index contributed by atoms with van der Waals surface area (Å²) in [7, 11) is 0. The zero-order chi connectivity index (χ0) is 14.8. The van der Waals surface area contributed by atoms with Crippen molar-refractivity contribution in [2.45, 2.75) is 31.5 Å². The Kier molecular flexibility index (Phi) is 4.19. The molecule has 0 spiro atoms. The van der Waals surface area contributed by atoms with Gasteiger partial charge in [0.25, 0.3) is 0 Å². The number of hydrogen-bond donors (Lipinski definition) is 1. The van der Waals surface area contributed by atoms with E-state index in [0.717, 1.165) is 31.4 Å². The molecule has 0 saturated heterocycles. The summed E-state index contributed by atoms with van der Waals surface area (Å²) in [6.07, 6.45) is -1.52. The fourth-order valence-electron chi connectivity index (χ4n) is 2.36.